The van der Waals surface area contributed by atoms with Gasteiger partial charge in [-0.2, -0.15) is 8.42 Å². The van der Waals surface area contributed by atoms with Crippen molar-refractivity contribution in [2.45, 2.75) is 65.3 Å². The molecule has 0 aliphatic rings. The minimum atomic E-state index is -3.64. The number of carbonyl (C=O) groups is 1. The van der Waals surface area contributed by atoms with E-state index in [1.165, 1.54) is 0 Å². The monoisotopic (exact) mass is 386 g/mol. The molecule has 1 atom stereocenters. The average Bonchev–Trinajstić information content (AvgIpc) is 2.39. The van der Waals surface area contributed by atoms with Crippen molar-refractivity contribution in [3.63, 3.8) is 0 Å². The van der Waals surface area contributed by atoms with Crippen LogP contribution in [-0.2, 0) is 23.5 Å². The summed E-state index contributed by atoms with van der Waals surface area (Å²) in [6.07, 6.45) is 0.364. The lowest BCUT2D eigenvalue weighted by molar-refractivity contribution is -0.120. The Kier molecular flexibility index (Phi) is 8.44. The quantitative estimate of drug-likeness (QED) is 0.248. The van der Waals surface area contributed by atoms with Gasteiger partial charge in [0.1, 0.15) is 12.4 Å². The topological polar surface area (TPSA) is 69.7 Å². The van der Waals surface area contributed by atoms with Crippen LogP contribution in [0.3, 0.4) is 0 Å². The Bertz CT molecular complexity index is 483. The van der Waals surface area contributed by atoms with Gasteiger partial charge in [0, 0.05) is 11.3 Å². The summed E-state index contributed by atoms with van der Waals surface area (Å²) in [7, 11) is -5.78. The summed E-state index contributed by atoms with van der Waals surface area (Å²) in [4.78, 5) is 11.5. The first kappa shape index (κ1) is 23.0. The second kappa shape index (κ2) is 8.42. The fraction of sp³-hybridized carbons (Fsp3) is 0.933. The van der Waals surface area contributed by atoms with E-state index < -0.39 is 30.0 Å². The molecule has 0 N–H and O–H groups in total. The molecule has 8 heteroatoms. The molecule has 0 bridgehead atoms. The largest absolute Gasteiger partial charge is 0.407 e. The van der Waals surface area contributed by atoms with Gasteiger partial charge in [0.2, 0.25) is 0 Å². The van der Waals surface area contributed by atoms with Gasteiger partial charge in [0.15, 0.2) is 8.32 Å². The highest BCUT2D eigenvalue weighted by Crippen LogP contribution is 2.39. The summed E-state index contributed by atoms with van der Waals surface area (Å²) in [5.41, 5.74) is -0.745. The molecule has 0 unspecified atom stereocenters. The maximum atomic E-state index is 11.8. The SMILES string of the molecule is CC(C)(COS(=O)(=O)CCCCl)[C@H](C=O)O[Si](C)(C)C(C)(C)C. The zero-order valence-corrected chi connectivity index (χ0v) is 17.9. The van der Waals surface area contributed by atoms with Crippen LogP contribution in [0.5, 0.6) is 0 Å². The van der Waals surface area contributed by atoms with Crippen LogP contribution in [0.2, 0.25) is 18.1 Å². The number of halogens is 1. The van der Waals surface area contributed by atoms with Crippen molar-refractivity contribution in [1.29, 1.82) is 0 Å². The summed E-state index contributed by atoms with van der Waals surface area (Å²) in [5, 5.41) is -0.0440. The molecule has 0 aliphatic carbocycles. The molecule has 0 aromatic carbocycles. The van der Waals surface area contributed by atoms with Crippen molar-refractivity contribution in [3.05, 3.63) is 0 Å². The van der Waals surface area contributed by atoms with Crippen molar-refractivity contribution >= 4 is 36.3 Å². The molecule has 0 aromatic rings. The highest BCUT2D eigenvalue weighted by Gasteiger charge is 2.43. The van der Waals surface area contributed by atoms with Crippen LogP contribution in [-0.4, -0.2) is 47.4 Å². The van der Waals surface area contributed by atoms with Crippen LogP contribution in [0.1, 0.15) is 41.0 Å². The fourth-order valence-corrected chi connectivity index (χ4v) is 4.23. The van der Waals surface area contributed by atoms with Crippen molar-refractivity contribution in [2.75, 3.05) is 18.2 Å². The Morgan fingerprint density at radius 2 is 1.70 bits per heavy atom. The molecule has 0 fully saturated rings. The van der Waals surface area contributed by atoms with E-state index in [1.807, 2.05) is 0 Å². The van der Waals surface area contributed by atoms with Gasteiger partial charge in [0.25, 0.3) is 10.1 Å². The minimum absolute atomic E-state index is 0.0440. The summed E-state index contributed by atoms with van der Waals surface area (Å²) in [5.74, 6) is 0.138. The molecule has 0 heterocycles. The van der Waals surface area contributed by atoms with Crippen LogP contribution in [0.4, 0.5) is 0 Å². The van der Waals surface area contributed by atoms with Crippen LogP contribution in [0, 0.1) is 5.41 Å². The molecule has 0 saturated carbocycles. The smallest absolute Gasteiger partial charge is 0.267 e. The van der Waals surface area contributed by atoms with Gasteiger partial charge in [-0.3, -0.25) is 4.18 Å². The summed E-state index contributed by atoms with van der Waals surface area (Å²) < 4.78 is 34.8. The molecule has 0 saturated heterocycles. The maximum Gasteiger partial charge on any atom is 0.267 e. The van der Waals surface area contributed by atoms with Gasteiger partial charge >= 0.3 is 0 Å². The highest BCUT2D eigenvalue weighted by molar-refractivity contribution is 7.86. The predicted molar refractivity (Wildman–Crippen MR) is 97.0 cm³/mol. The van der Waals surface area contributed by atoms with E-state index in [-0.39, 0.29) is 23.3 Å². The fourth-order valence-electron chi connectivity index (χ4n) is 1.48. The molecule has 0 aliphatic heterocycles. The minimum Gasteiger partial charge on any atom is -0.407 e. The molecule has 0 amide bonds. The Morgan fingerprint density at radius 1 is 1.17 bits per heavy atom. The van der Waals surface area contributed by atoms with Crippen molar-refractivity contribution in [1.82, 2.24) is 0 Å². The third kappa shape index (κ3) is 7.64. The predicted octanol–water partition coefficient (Wildman–Crippen LogP) is 3.58. The number of alkyl halides is 1. The molecule has 0 spiro atoms. The first-order valence-corrected chi connectivity index (χ1v) is 12.8. The second-order valence-corrected chi connectivity index (χ2v) is 14.9. The van der Waals surface area contributed by atoms with Crippen LogP contribution in [0.15, 0.2) is 0 Å². The Hall–Kier alpha value is 0.0469. The molecule has 138 valence electrons. The molecule has 0 aromatic heterocycles. The van der Waals surface area contributed by atoms with Crippen LogP contribution >= 0.6 is 11.6 Å². The van der Waals surface area contributed by atoms with Crippen molar-refractivity contribution in [3.8, 4) is 0 Å². The number of aldehydes is 1. The highest BCUT2D eigenvalue weighted by atomic mass is 35.5. The molecule has 0 rings (SSSR count). The Labute approximate surface area is 147 Å². The number of carbonyl (C=O) groups excluding carboxylic acids is 1. The third-order valence-electron chi connectivity index (χ3n) is 4.26. The molecular formula is C15H31ClO5SSi. The number of rotatable bonds is 10. The van der Waals surface area contributed by atoms with E-state index in [0.717, 1.165) is 6.29 Å². The first-order valence-electron chi connectivity index (χ1n) is 7.75. The van der Waals surface area contributed by atoms with E-state index in [1.54, 1.807) is 13.8 Å². The lowest BCUT2D eigenvalue weighted by Crippen LogP contribution is -2.49. The van der Waals surface area contributed by atoms with Gasteiger partial charge in [-0.15, -0.1) is 11.6 Å². The van der Waals surface area contributed by atoms with Gasteiger partial charge in [-0.05, 0) is 24.6 Å². The zero-order chi connectivity index (χ0) is 18.5. The maximum absolute atomic E-state index is 11.8. The van der Waals surface area contributed by atoms with E-state index in [4.69, 9.17) is 20.2 Å². The lowest BCUT2D eigenvalue weighted by atomic mass is 9.88. The van der Waals surface area contributed by atoms with E-state index in [0.29, 0.717) is 6.42 Å². The standard InChI is InChI=1S/C15H31ClO5SSi/c1-14(2,3)23(6,7)21-13(11-17)15(4,5)12-20-22(18,19)10-8-9-16/h11,13H,8-10,12H2,1-7H3/t13-/m0/s1. The number of hydrogen-bond acceptors (Lipinski definition) is 5. The summed E-state index contributed by atoms with van der Waals surface area (Å²) in [6, 6.07) is 0. The van der Waals surface area contributed by atoms with Crippen molar-refractivity contribution in [2.24, 2.45) is 5.41 Å². The Balaban J connectivity index is 4.98. The van der Waals surface area contributed by atoms with Gasteiger partial charge in [0.05, 0.1) is 12.4 Å². The average molecular weight is 387 g/mol. The Morgan fingerprint density at radius 3 is 2.09 bits per heavy atom. The van der Waals surface area contributed by atoms with Gasteiger partial charge in [-0.25, -0.2) is 0 Å². The molecular weight excluding hydrogens is 356 g/mol. The molecule has 0 radical (unpaired) electrons. The van der Waals surface area contributed by atoms with Crippen molar-refractivity contribution < 1.29 is 21.8 Å². The molecule has 5 nitrogen and oxygen atoms in total. The summed E-state index contributed by atoms with van der Waals surface area (Å²) in [6.45, 7) is 13.8. The van der Waals surface area contributed by atoms with E-state index >= 15 is 0 Å². The molecule has 23 heavy (non-hydrogen) atoms. The second-order valence-electron chi connectivity index (χ2n) is 7.99. The summed E-state index contributed by atoms with van der Waals surface area (Å²) >= 11 is 5.50. The van der Waals surface area contributed by atoms with Gasteiger partial charge < -0.3 is 9.22 Å². The van der Waals surface area contributed by atoms with Gasteiger partial charge in [-0.1, -0.05) is 34.6 Å². The first-order chi connectivity index (χ1) is 10.2. The number of hydrogen-bond donors (Lipinski definition) is 0. The van der Waals surface area contributed by atoms with Crippen LogP contribution < -0.4 is 0 Å². The van der Waals surface area contributed by atoms with Crippen LogP contribution in [0.25, 0.3) is 0 Å². The lowest BCUT2D eigenvalue weighted by Gasteiger charge is -2.42. The zero-order valence-electron chi connectivity index (χ0n) is 15.3. The third-order valence-corrected chi connectivity index (χ3v) is 10.2. The van der Waals surface area contributed by atoms with E-state index in [9.17, 15) is 13.2 Å². The van der Waals surface area contributed by atoms with E-state index in [2.05, 4.69) is 33.9 Å². The normalized spacial score (nSPS) is 15.5.